The molecule has 6 heteroatoms. The van der Waals surface area contributed by atoms with E-state index in [4.69, 9.17) is 4.74 Å². The van der Waals surface area contributed by atoms with E-state index in [0.29, 0.717) is 13.1 Å². The van der Waals surface area contributed by atoms with E-state index in [2.05, 4.69) is 5.32 Å². The van der Waals surface area contributed by atoms with Crippen molar-refractivity contribution in [1.29, 1.82) is 0 Å². The van der Waals surface area contributed by atoms with Crippen LogP contribution in [-0.4, -0.2) is 30.5 Å². The molecule has 100 valence electrons. The molecule has 0 bridgehead atoms. The van der Waals surface area contributed by atoms with Crippen molar-refractivity contribution in [2.75, 3.05) is 18.8 Å². The summed E-state index contributed by atoms with van der Waals surface area (Å²) in [6.07, 6.45) is 0.841. The van der Waals surface area contributed by atoms with Gasteiger partial charge in [-0.3, -0.25) is 0 Å². The van der Waals surface area contributed by atoms with Crippen LogP contribution in [0, 0.1) is 0 Å². The molecule has 0 aliphatic carbocycles. The highest BCUT2D eigenvalue weighted by molar-refractivity contribution is 8.00. The van der Waals surface area contributed by atoms with Gasteiger partial charge in [-0.2, -0.15) is 13.2 Å². The van der Waals surface area contributed by atoms with Gasteiger partial charge in [0.25, 0.3) is 0 Å². The maximum absolute atomic E-state index is 11.9. The first-order valence-electron chi connectivity index (χ1n) is 5.70. The number of fused-ring (bicyclic) bond motifs is 1. The molecule has 1 unspecified atom stereocenters. The summed E-state index contributed by atoms with van der Waals surface area (Å²) >= 11 is 0.0000859. The Kier molecular flexibility index (Phi) is 4.40. The van der Waals surface area contributed by atoms with Crippen LogP contribution in [0.2, 0.25) is 0 Å². The van der Waals surface area contributed by atoms with Gasteiger partial charge in [0.1, 0.15) is 11.9 Å². The summed E-state index contributed by atoms with van der Waals surface area (Å²) in [4.78, 5) is 0. The third-order valence-electron chi connectivity index (χ3n) is 2.63. The summed E-state index contributed by atoms with van der Waals surface area (Å²) in [5.74, 6) is 0.914. The quantitative estimate of drug-likeness (QED) is 0.836. The molecule has 0 spiro atoms. The van der Waals surface area contributed by atoms with Crippen LogP contribution in [0.1, 0.15) is 5.56 Å². The normalized spacial score (nSPS) is 18.5. The lowest BCUT2D eigenvalue weighted by molar-refractivity contribution is -0.0327. The van der Waals surface area contributed by atoms with Gasteiger partial charge in [-0.25, -0.2) is 0 Å². The van der Waals surface area contributed by atoms with Gasteiger partial charge >= 0.3 is 5.51 Å². The monoisotopic (exact) mass is 277 g/mol. The van der Waals surface area contributed by atoms with Crippen molar-refractivity contribution in [1.82, 2.24) is 5.32 Å². The Morgan fingerprint density at radius 3 is 2.83 bits per heavy atom. The minimum atomic E-state index is -4.14. The predicted octanol–water partition coefficient (Wildman–Crippen LogP) is 2.83. The molecule has 1 heterocycles. The third-order valence-corrected chi connectivity index (χ3v) is 3.37. The van der Waals surface area contributed by atoms with Gasteiger partial charge in [-0.1, -0.05) is 18.2 Å². The minimum Gasteiger partial charge on any atom is -0.488 e. The number of nitrogens with one attached hydrogen (secondary N) is 1. The maximum atomic E-state index is 11.9. The third kappa shape index (κ3) is 4.10. The second-order valence-electron chi connectivity index (χ2n) is 4.05. The van der Waals surface area contributed by atoms with E-state index in [0.717, 1.165) is 17.7 Å². The van der Waals surface area contributed by atoms with Gasteiger partial charge in [-0.15, -0.1) is 0 Å². The van der Waals surface area contributed by atoms with Crippen LogP contribution in [0.3, 0.4) is 0 Å². The number of halogens is 3. The highest BCUT2D eigenvalue weighted by atomic mass is 32.2. The highest BCUT2D eigenvalue weighted by Gasteiger charge is 2.27. The van der Waals surface area contributed by atoms with Crippen LogP contribution in [0.5, 0.6) is 5.75 Å². The highest BCUT2D eigenvalue weighted by Crippen LogP contribution is 2.29. The number of hydrogen-bond donors (Lipinski definition) is 1. The molecule has 1 aliphatic rings. The van der Waals surface area contributed by atoms with E-state index < -0.39 is 5.51 Å². The van der Waals surface area contributed by atoms with Crippen LogP contribution >= 0.6 is 11.8 Å². The molecular weight excluding hydrogens is 263 g/mol. The van der Waals surface area contributed by atoms with Gasteiger partial charge in [0, 0.05) is 25.3 Å². The van der Waals surface area contributed by atoms with Crippen molar-refractivity contribution < 1.29 is 17.9 Å². The molecule has 18 heavy (non-hydrogen) atoms. The molecule has 1 aromatic rings. The molecule has 0 aromatic heterocycles. The molecule has 2 rings (SSSR count). The summed E-state index contributed by atoms with van der Waals surface area (Å²) in [6, 6.07) is 7.79. The first kappa shape index (κ1) is 13.5. The van der Waals surface area contributed by atoms with E-state index >= 15 is 0 Å². The van der Waals surface area contributed by atoms with Crippen LogP contribution < -0.4 is 10.1 Å². The van der Waals surface area contributed by atoms with Crippen molar-refractivity contribution in [3.63, 3.8) is 0 Å². The van der Waals surface area contributed by atoms with Crippen molar-refractivity contribution >= 4 is 11.8 Å². The topological polar surface area (TPSA) is 21.3 Å². The first-order valence-corrected chi connectivity index (χ1v) is 6.69. The van der Waals surface area contributed by atoms with Crippen molar-refractivity contribution in [2.24, 2.45) is 0 Å². The molecule has 0 saturated carbocycles. The summed E-state index contributed by atoms with van der Waals surface area (Å²) < 4.78 is 41.3. The van der Waals surface area contributed by atoms with Crippen LogP contribution in [0.4, 0.5) is 13.2 Å². The predicted molar refractivity (Wildman–Crippen MR) is 65.9 cm³/mol. The SMILES string of the molecule is FC(F)(F)SCCNCC1Cc2ccccc2O1. The number of hydrogen-bond acceptors (Lipinski definition) is 3. The zero-order valence-electron chi connectivity index (χ0n) is 9.67. The summed E-state index contributed by atoms with van der Waals surface area (Å²) in [6.45, 7) is 0.910. The Morgan fingerprint density at radius 1 is 1.33 bits per heavy atom. The minimum absolute atomic E-state index is 0.0000859. The molecule has 1 aromatic carbocycles. The average molecular weight is 277 g/mol. The van der Waals surface area contributed by atoms with Crippen molar-refractivity contribution in [3.05, 3.63) is 29.8 Å². The summed E-state index contributed by atoms with van der Waals surface area (Å²) in [5.41, 5.74) is -2.98. The van der Waals surface area contributed by atoms with E-state index in [1.54, 1.807) is 0 Å². The molecule has 0 radical (unpaired) electrons. The smallest absolute Gasteiger partial charge is 0.441 e. The average Bonchev–Trinajstić information content (AvgIpc) is 2.69. The Balaban J connectivity index is 1.63. The molecular formula is C12H14F3NOS. The van der Waals surface area contributed by atoms with E-state index in [1.807, 2.05) is 24.3 Å². The Morgan fingerprint density at radius 2 is 2.11 bits per heavy atom. The number of para-hydroxylation sites is 1. The van der Waals surface area contributed by atoms with Crippen LogP contribution in [0.25, 0.3) is 0 Å². The molecule has 0 amide bonds. The van der Waals surface area contributed by atoms with E-state index in [9.17, 15) is 13.2 Å². The first-order chi connectivity index (χ1) is 8.54. The number of ether oxygens (including phenoxy) is 1. The molecule has 1 N–H and O–H groups in total. The van der Waals surface area contributed by atoms with Crippen LogP contribution in [-0.2, 0) is 6.42 Å². The summed E-state index contributed by atoms with van der Waals surface area (Å²) in [7, 11) is 0. The Hall–Kier alpha value is -0.880. The fourth-order valence-corrected chi connectivity index (χ4v) is 2.35. The van der Waals surface area contributed by atoms with Gasteiger partial charge in [0.05, 0.1) is 0 Å². The van der Waals surface area contributed by atoms with Crippen LogP contribution in [0.15, 0.2) is 24.3 Å². The molecule has 2 nitrogen and oxygen atoms in total. The van der Waals surface area contributed by atoms with E-state index in [1.165, 1.54) is 0 Å². The fraction of sp³-hybridized carbons (Fsp3) is 0.500. The fourth-order valence-electron chi connectivity index (χ4n) is 1.87. The molecule has 0 saturated heterocycles. The van der Waals surface area contributed by atoms with Gasteiger partial charge in [0.15, 0.2) is 0 Å². The molecule has 1 atom stereocenters. The summed E-state index contributed by atoms with van der Waals surface area (Å²) in [5, 5.41) is 2.99. The largest absolute Gasteiger partial charge is 0.488 e. The Bertz CT molecular complexity index is 372. The van der Waals surface area contributed by atoms with Crippen molar-refractivity contribution in [2.45, 2.75) is 18.0 Å². The molecule has 0 fully saturated rings. The number of benzene rings is 1. The second kappa shape index (κ2) is 5.84. The second-order valence-corrected chi connectivity index (χ2v) is 5.21. The molecule has 1 aliphatic heterocycles. The standard InChI is InChI=1S/C12H14F3NOS/c13-12(14,15)18-6-5-16-8-10-7-9-3-1-2-4-11(9)17-10/h1-4,10,16H,5-8H2. The van der Waals surface area contributed by atoms with Gasteiger partial charge in [-0.05, 0) is 23.4 Å². The lowest BCUT2D eigenvalue weighted by atomic mass is 10.1. The number of rotatable bonds is 5. The van der Waals surface area contributed by atoms with E-state index in [-0.39, 0.29) is 23.6 Å². The van der Waals surface area contributed by atoms with Gasteiger partial charge in [0.2, 0.25) is 0 Å². The zero-order valence-corrected chi connectivity index (χ0v) is 10.5. The number of alkyl halides is 3. The Labute approximate surface area is 108 Å². The lowest BCUT2D eigenvalue weighted by Crippen LogP contribution is -2.31. The van der Waals surface area contributed by atoms with Gasteiger partial charge < -0.3 is 10.1 Å². The zero-order chi connectivity index (χ0) is 13.0. The number of thioether (sulfide) groups is 1. The lowest BCUT2D eigenvalue weighted by Gasteiger charge is -2.12. The van der Waals surface area contributed by atoms with Crippen molar-refractivity contribution in [3.8, 4) is 5.75 Å². The maximum Gasteiger partial charge on any atom is 0.441 e.